The molecule has 1 N–H and O–H groups in total. The molecule has 1 amide bonds. The largest absolute Gasteiger partial charge is 0.497 e. The number of fused-ring (bicyclic) bond motifs is 1. The summed E-state index contributed by atoms with van der Waals surface area (Å²) in [5.41, 5.74) is 0.908. The average molecular weight is 357 g/mol. The summed E-state index contributed by atoms with van der Waals surface area (Å²) in [6.45, 7) is -0.00337. The second-order valence-electron chi connectivity index (χ2n) is 5.60. The van der Waals surface area contributed by atoms with Crippen LogP contribution in [0.25, 0.3) is 0 Å². The van der Waals surface area contributed by atoms with Gasteiger partial charge in [-0.15, -0.1) is 0 Å². The highest BCUT2D eigenvalue weighted by atomic mass is 16.6. The third-order valence-electron chi connectivity index (χ3n) is 3.77. The number of nitrogens with one attached hydrogen (secondary N) is 1. The molecule has 1 heterocycles. The summed E-state index contributed by atoms with van der Waals surface area (Å²) < 4.78 is 21.1. The van der Waals surface area contributed by atoms with Gasteiger partial charge in [-0.25, -0.2) is 4.79 Å². The van der Waals surface area contributed by atoms with Gasteiger partial charge >= 0.3 is 5.97 Å². The molecule has 7 nitrogen and oxygen atoms in total. The lowest BCUT2D eigenvalue weighted by Crippen LogP contribution is -2.39. The van der Waals surface area contributed by atoms with Gasteiger partial charge in [-0.1, -0.05) is 24.3 Å². The minimum absolute atomic E-state index is 0.0450. The molecular weight excluding hydrogens is 338 g/mol. The van der Waals surface area contributed by atoms with Crippen LogP contribution in [-0.4, -0.2) is 38.3 Å². The first kappa shape index (κ1) is 17.6. The normalized spacial score (nSPS) is 15.0. The fourth-order valence-electron chi connectivity index (χ4n) is 2.36. The van der Waals surface area contributed by atoms with Crippen molar-refractivity contribution < 1.29 is 28.5 Å². The number of carbonyl (C=O) groups excluding carboxylic acids is 2. The maximum absolute atomic E-state index is 12.0. The Labute approximate surface area is 150 Å². The van der Waals surface area contributed by atoms with Gasteiger partial charge < -0.3 is 24.3 Å². The zero-order valence-corrected chi connectivity index (χ0v) is 14.3. The first-order valence-electron chi connectivity index (χ1n) is 8.10. The number of hydrogen-bond donors (Lipinski definition) is 1. The first-order chi connectivity index (χ1) is 12.7. The molecule has 0 saturated carbocycles. The molecule has 1 atom stereocenters. The van der Waals surface area contributed by atoms with Crippen molar-refractivity contribution in [1.29, 1.82) is 0 Å². The zero-order valence-electron chi connectivity index (χ0n) is 14.3. The lowest BCUT2D eigenvalue weighted by molar-refractivity contribution is -0.157. The average Bonchev–Trinajstić information content (AvgIpc) is 2.70. The van der Waals surface area contributed by atoms with E-state index in [2.05, 4.69) is 5.32 Å². The molecule has 0 unspecified atom stereocenters. The van der Waals surface area contributed by atoms with E-state index in [4.69, 9.17) is 18.9 Å². The Kier molecular flexibility index (Phi) is 5.58. The van der Waals surface area contributed by atoms with E-state index in [1.165, 1.54) is 0 Å². The molecule has 2 aromatic carbocycles. The van der Waals surface area contributed by atoms with E-state index >= 15 is 0 Å². The topological polar surface area (TPSA) is 83.1 Å². The quantitative estimate of drug-likeness (QED) is 0.793. The fourth-order valence-corrected chi connectivity index (χ4v) is 2.36. The van der Waals surface area contributed by atoms with Crippen LogP contribution in [0.4, 0.5) is 0 Å². The lowest BCUT2D eigenvalue weighted by atomic mass is 10.2. The first-order valence-corrected chi connectivity index (χ1v) is 8.10. The van der Waals surface area contributed by atoms with E-state index in [0.29, 0.717) is 18.0 Å². The molecule has 0 fully saturated rings. The second-order valence-corrected chi connectivity index (χ2v) is 5.60. The molecule has 1 aliphatic heterocycles. The van der Waals surface area contributed by atoms with E-state index in [0.717, 1.165) is 11.3 Å². The highest BCUT2D eigenvalue weighted by molar-refractivity contribution is 5.82. The van der Waals surface area contributed by atoms with Gasteiger partial charge in [0.15, 0.2) is 18.1 Å². The number of para-hydroxylation sites is 2. The van der Waals surface area contributed by atoms with Crippen LogP contribution in [0.3, 0.4) is 0 Å². The van der Waals surface area contributed by atoms with Crippen molar-refractivity contribution in [2.24, 2.45) is 0 Å². The molecule has 0 aliphatic carbocycles. The number of benzene rings is 2. The van der Waals surface area contributed by atoms with Crippen LogP contribution in [-0.2, 0) is 20.9 Å². The molecule has 136 valence electrons. The van der Waals surface area contributed by atoms with Crippen LogP contribution in [0.5, 0.6) is 17.2 Å². The number of ether oxygens (including phenoxy) is 4. The van der Waals surface area contributed by atoms with Crippen LogP contribution >= 0.6 is 0 Å². The maximum Gasteiger partial charge on any atom is 0.351 e. The van der Waals surface area contributed by atoms with Gasteiger partial charge in [0, 0.05) is 6.54 Å². The summed E-state index contributed by atoms with van der Waals surface area (Å²) in [7, 11) is 1.59. The van der Waals surface area contributed by atoms with E-state index < -0.39 is 18.0 Å². The molecule has 0 spiro atoms. The third-order valence-corrected chi connectivity index (χ3v) is 3.77. The van der Waals surface area contributed by atoms with Gasteiger partial charge in [0.05, 0.1) is 7.11 Å². The van der Waals surface area contributed by atoms with Crippen molar-refractivity contribution in [3.05, 3.63) is 54.1 Å². The van der Waals surface area contributed by atoms with Gasteiger partial charge in [0.25, 0.3) is 5.91 Å². The second kappa shape index (κ2) is 8.24. The Bertz CT molecular complexity index is 774. The summed E-state index contributed by atoms with van der Waals surface area (Å²) in [4.78, 5) is 23.9. The highest BCUT2D eigenvalue weighted by Crippen LogP contribution is 2.31. The Hall–Kier alpha value is -3.22. The van der Waals surface area contributed by atoms with Crippen molar-refractivity contribution >= 4 is 11.9 Å². The molecule has 0 saturated heterocycles. The Morgan fingerprint density at radius 1 is 1.12 bits per heavy atom. The molecule has 1 aliphatic rings. The zero-order chi connectivity index (χ0) is 18.4. The van der Waals surface area contributed by atoms with E-state index in [1.54, 1.807) is 37.4 Å². The molecule has 0 aromatic heterocycles. The van der Waals surface area contributed by atoms with E-state index in [9.17, 15) is 9.59 Å². The molecule has 7 heteroatoms. The van der Waals surface area contributed by atoms with Crippen LogP contribution in [0.15, 0.2) is 48.5 Å². The van der Waals surface area contributed by atoms with Crippen LogP contribution < -0.4 is 19.5 Å². The summed E-state index contributed by atoms with van der Waals surface area (Å²) >= 11 is 0. The van der Waals surface area contributed by atoms with E-state index in [1.807, 2.05) is 18.2 Å². The molecule has 0 bridgehead atoms. The minimum atomic E-state index is -0.890. The Morgan fingerprint density at radius 3 is 2.58 bits per heavy atom. The summed E-state index contributed by atoms with van der Waals surface area (Å²) in [6, 6.07) is 14.3. The SMILES string of the molecule is COc1ccc(CNC(=O)COC(=O)[C@H]2COc3ccccc3O2)cc1. The predicted octanol–water partition coefficient (Wildman–Crippen LogP) is 1.69. The Balaban J connectivity index is 1.42. The van der Waals surface area contributed by atoms with Crippen LogP contribution in [0.1, 0.15) is 5.56 Å². The number of amides is 1. The number of carbonyl (C=O) groups is 2. The van der Waals surface area contributed by atoms with Gasteiger partial charge in [0.2, 0.25) is 6.10 Å². The summed E-state index contributed by atoms with van der Waals surface area (Å²) in [6.07, 6.45) is -0.890. The fraction of sp³-hybridized carbons (Fsp3) is 0.263. The molecule has 0 radical (unpaired) electrons. The van der Waals surface area contributed by atoms with Crippen molar-refractivity contribution in [2.45, 2.75) is 12.6 Å². The summed E-state index contributed by atoms with van der Waals surface area (Å²) in [5.74, 6) is 0.758. The number of rotatable bonds is 6. The summed E-state index contributed by atoms with van der Waals surface area (Å²) in [5, 5.41) is 2.68. The number of esters is 1. The van der Waals surface area contributed by atoms with Crippen LogP contribution in [0.2, 0.25) is 0 Å². The smallest absolute Gasteiger partial charge is 0.351 e. The molecular formula is C19H19NO6. The van der Waals surface area contributed by atoms with Crippen LogP contribution in [0, 0.1) is 0 Å². The van der Waals surface area contributed by atoms with Crippen molar-refractivity contribution in [1.82, 2.24) is 5.32 Å². The third kappa shape index (κ3) is 4.44. The predicted molar refractivity (Wildman–Crippen MR) is 92.2 cm³/mol. The Morgan fingerprint density at radius 2 is 1.85 bits per heavy atom. The van der Waals surface area contributed by atoms with Gasteiger partial charge in [-0.3, -0.25) is 4.79 Å². The van der Waals surface area contributed by atoms with Crippen molar-refractivity contribution in [3.8, 4) is 17.2 Å². The molecule has 26 heavy (non-hydrogen) atoms. The maximum atomic E-state index is 12.0. The monoisotopic (exact) mass is 357 g/mol. The minimum Gasteiger partial charge on any atom is -0.497 e. The van der Waals surface area contributed by atoms with Gasteiger partial charge in [-0.05, 0) is 29.8 Å². The highest BCUT2D eigenvalue weighted by Gasteiger charge is 2.29. The van der Waals surface area contributed by atoms with Crippen molar-refractivity contribution in [2.75, 3.05) is 20.3 Å². The lowest BCUT2D eigenvalue weighted by Gasteiger charge is -2.24. The van der Waals surface area contributed by atoms with Gasteiger partial charge in [-0.2, -0.15) is 0 Å². The molecule has 2 aromatic rings. The standard InChI is InChI=1S/C19H19NO6/c1-23-14-8-6-13(7-9-14)10-20-18(21)12-25-19(22)17-11-24-15-4-2-3-5-16(15)26-17/h2-9,17H,10-12H2,1H3,(H,20,21)/t17-/m1/s1. The number of hydrogen-bond acceptors (Lipinski definition) is 6. The van der Waals surface area contributed by atoms with Crippen molar-refractivity contribution in [3.63, 3.8) is 0 Å². The number of methoxy groups -OCH3 is 1. The van der Waals surface area contributed by atoms with E-state index in [-0.39, 0.29) is 13.2 Å². The molecule has 3 rings (SSSR count). The van der Waals surface area contributed by atoms with Gasteiger partial charge in [0.1, 0.15) is 12.4 Å².